The van der Waals surface area contributed by atoms with Crippen molar-refractivity contribution in [1.82, 2.24) is 4.98 Å². The van der Waals surface area contributed by atoms with Crippen molar-refractivity contribution in [1.29, 1.82) is 0 Å². The van der Waals surface area contributed by atoms with Gasteiger partial charge in [0.05, 0.1) is 5.69 Å². The summed E-state index contributed by atoms with van der Waals surface area (Å²) in [5.74, 6) is 0. The van der Waals surface area contributed by atoms with Crippen LogP contribution in [0.25, 0.3) is 32.8 Å². The van der Waals surface area contributed by atoms with Crippen molar-refractivity contribution >= 4 is 11.3 Å². The lowest BCUT2D eigenvalue weighted by atomic mass is 10.00. The Morgan fingerprint density at radius 2 is 1.43 bits per heavy atom. The number of aromatic nitrogens is 1. The Bertz CT molecular complexity index is 894. The molecule has 0 spiro atoms. The average molecular weight is 313 g/mol. The van der Waals surface area contributed by atoms with Crippen LogP contribution in [0.1, 0.15) is 0 Å². The van der Waals surface area contributed by atoms with E-state index in [0.29, 0.717) is 0 Å². The first-order chi connectivity index (χ1) is 11.4. The van der Waals surface area contributed by atoms with Crippen molar-refractivity contribution in [2.24, 2.45) is 0 Å². The molecule has 0 amide bonds. The van der Waals surface area contributed by atoms with Crippen LogP contribution in [0.15, 0.2) is 90.4 Å². The van der Waals surface area contributed by atoms with Gasteiger partial charge in [-0.25, -0.2) is 0 Å². The van der Waals surface area contributed by atoms with E-state index in [0.717, 1.165) is 11.3 Å². The molecule has 110 valence electrons. The quantitative estimate of drug-likeness (QED) is 0.442. The van der Waals surface area contributed by atoms with E-state index >= 15 is 0 Å². The van der Waals surface area contributed by atoms with E-state index in [4.69, 9.17) is 0 Å². The van der Waals surface area contributed by atoms with Gasteiger partial charge >= 0.3 is 0 Å². The third-order valence-electron chi connectivity index (χ3n) is 3.85. The van der Waals surface area contributed by atoms with Gasteiger partial charge in [0.15, 0.2) is 0 Å². The summed E-state index contributed by atoms with van der Waals surface area (Å²) in [5, 5.41) is 2.11. The zero-order chi connectivity index (χ0) is 15.5. The fourth-order valence-electron chi connectivity index (χ4n) is 2.66. The number of hydrogen-bond donors (Lipinski definition) is 0. The first-order valence-corrected chi connectivity index (χ1v) is 8.44. The maximum atomic E-state index is 4.43. The van der Waals surface area contributed by atoms with E-state index in [2.05, 4.69) is 71.0 Å². The molecule has 0 aliphatic carbocycles. The van der Waals surface area contributed by atoms with Gasteiger partial charge in [0.1, 0.15) is 0 Å². The van der Waals surface area contributed by atoms with Crippen molar-refractivity contribution in [3.63, 3.8) is 0 Å². The first kappa shape index (κ1) is 13.9. The second-order valence-electron chi connectivity index (χ2n) is 5.35. The molecule has 23 heavy (non-hydrogen) atoms. The van der Waals surface area contributed by atoms with Gasteiger partial charge in [-0.3, -0.25) is 4.98 Å². The number of hydrogen-bond acceptors (Lipinski definition) is 2. The zero-order valence-electron chi connectivity index (χ0n) is 12.5. The van der Waals surface area contributed by atoms with Crippen LogP contribution in [0, 0.1) is 0 Å². The number of benzene rings is 2. The van der Waals surface area contributed by atoms with Crippen LogP contribution in [-0.2, 0) is 0 Å². The highest BCUT2D eigenvalue weighted by atomic mass is 32.1. The van der Waals surface area contributed by atoms with Gasteiger partial charge in [0.25, 0.3) is 0 Å². The van der Waals surface area contributed by atoms with Crippen molar-refractivity contribution in [3.05, 3.63) is 90.4 Å². The molecule has 2 heterocycles. The number of thiophene rings is 1. The molecule has 0 unspecified atom stereocenters. The van der Waals surface area contributed by atoms with Crippen LogP contribution < -0.4 is 0 Å². The molecular formula is C21H15NS. The van der Waals surface area contributed by atoms with Crippen molar-refractivity contribution in [2.75, 3.05) is 0 Å². The van der Waals surface area contributed by atoms with Gasteiger partial charge in [-0.15, -0.1) is 11.3 Å². The fraction of sp³-hybridized carbons (Fsp3) is 0. The molecule has 0 fully saturated rings. The molecule has 0 atom stereocenters. The minimum atomic E-state index is 1.00. The number of pyridine rings is 1. The second-order valence-corrected chi connectivity index (χ2v) is 6.30. The molecule has 0 saturated heterocycles. The lowest BCUT2D eigenvalue weighted by molar-refractivity contribution is 1.33. The normalized spacial score (nSPS) is 10.6. The van der Waals surface area contributed by atoms with E-state index in [9.17, 15) is 0 Å². The van der Waals surface area contributed by atoms with Crippen LogP contribution in [0.2, 0.25) is 0 Å². The molecule has 4 rings (SSSR count). The highest BCUT2D eigenvalue weighted by Crippen LogP contribution is 2.29. The lowest BCUT2D eigenvalue weighted by Gasteiger charge is -2.06. The van der Waals surface area contributed by atoms with Gasteiger partial charge in [-0.1, -0.05) is 54.6 Å². The summed E-state index contributed by atoms with van der Waals surface area (Å²) in [7, 11) is 0. The topological polar surface area (TPSA) is 12.9 Å². The maximum Gasteiger partial charge on any atom is 0.0702 e. The van der Waals surface area contributed by atoms with Gasteiger partial charge in [-0.05, 0) is 46.3 Å². The van der Waals surface area contributed by atoms with Crippen LogP contribution in [-0.4, -0.2) is 4.98 Å². The molecule has 0 N–H and O–H groups in total. The molecular weight excluding hydrogens is 298 g/mol. The number of rotatable bonds is 3. The Morgan fingerprint density at radius 1 is 0.609 bits per heavy atom. The predicted molar refractivity (Wildman–Crippen MR) is 98.4 cm³/mol. The van der Waals surface area contributed by atoms with Crippen LogP contribution >= 0.6 is 11.3 Å². The van der Waals surface area contributed by atoms with Gasteiger partial charge in [0.2, 0.25) is 0 Å². The number of nitrogens with zero attached hydrogens (tertiary/aromatic N) is 1. The monoisotopic (exact) mass is 313 g/mol. The van der Waals surface area contributed by atoms with E-state index in [-0.39, 0.29) is 0 Å². The van der Waals surface area contributed by atoms with E-state index < -0.39 is 0 Å². The summed E-state index contributed by atoms with van der Waals surface area (Å²) in [4.78, 5) is 5.74. The van der Waals surface area contributed by atoms with E-state index in [1.165, 1.54) is 21.6 Å². The molecule has 0 radical (unpaired) electrons. The summed E-state index contributed by atoms with van der Waals surface area (Å²) >= 11 is 1.77. The Morgan fingerprint density at radius 3 is 2.17 bits per heavy atom. The SMILES string of the molecule is c1ccc(-c2cccc(-c3ccc(-c4cccs4)cc3)c2)nc1. The van der Waals surface area contributed by atoms with E-state index in [1.54, 1.807) is 11.3 Å². The highest BCUT2D eigenvalue weighted by Gasteiger charge is 2.03. The smallest absolute Gasteiger partial charge is 0.0702 e. The van der Waals surface area contributed by atoms with Crippen LogP contribution in [0.4, 0.5) is 0 Å². The molecule has 2 aromatic heterocycles. The molecule has 4 aromatic rings. The molecule has 0 bridgehead atoms. The summed E-state index contributed by atoms with van der Waals surface area (Å²) < 4.78 is 0. The van der Waals surface area contributed by atoms with Crippen LogP contribution in [0.5, 0.6) is 0 Å². The lowest BCUT2D eigenvalue weighted by Crippen LogP contribution is -1.84. The van der Waals surface area contributed by atoms with Gasteiger partial charge in [0, 0.05) is 16.6 Å². The largest absolute Gasteiger partial charge is 0.256 e. The molecule has 1 nitrogen and oxygen atoms in total. The Labute approximate surface area is 139 Å². The molecule has 0 aliphatic heterocycles. The summed E-state index contributed by atoms with van der Waals surface area (Å²) in [6, 6.07) is 27.5. The Hall–Kier alpha value is -2.71. The molecule has 2 heteroatoms. The van der Waals surface area contributed by atoms with E-state index in [1.807, 2.05) is 24.4 Å². The van der Waals surface area contributed by atoms with Gasteiger partial charge in [-0.2, -0.15) is 0 Å². The summed E-state index contributed by atoms with van der Waals surface area (Å²) in [6.45, 7) is 0. The third-order valence-corrected chi connectivity index (χ3v) is 4.77. The molecule has 2 aromatic carbocycles. The van der Waals surface area contributed by atoms with Crippen molar-refractivity contribution < 1.29 is 0 Å². The van der Waals surface area contributed by atoms with Crippen molar-refractivity contribution in [2.45, 2.75) is 0 Å². The average Bonchev–Trinajstić information content (AvgIpc) is 3.17. The Balaban J connectivity index is 1.68. The maximum absolute atomic E-state index is 4.43. The summed E-state index contributed by atoms with van der Waals surface area (Å²) in [6.07, 6.45) is 1.83. The molecule has 0 aliphatic rings. The predicted octanol–water partition coefficient (Wildman–Crippen LogP) is 6.14. The highest BCUT2D eigenvalue weighted by molar-refractivity contribution is 7.13. The van der Waals surface area contributed by atoms with Gasteiger partial charge < -0.3 is 0 Å². The summed E-state index contributed by atoms with van der Waals surface area (Å²) in [5.41, 5.74) is 5.86. The first-order valence-electron chi connectivity index (χ1n) is 7.56. The third kappa shape index (κ3) is 2.94. The van der Waals surface area contributed by atoms with Crippen LogP contribution in [0.3, 0.4) is 0 Å². The Kier molecular flexibility index (Phi) is 3.75. The zero-order valence-corrected chi connectivity index (χ0v) is 13.3. The second kappa shape index (κ2) is 6.19. The van der Waals surface area contributed by atoms with Crippen molar-refractivity contribution in [3.8, 4) is 32.8 Å². The molecule has 0 saturated carbocycles. The fourth-order valence-corrected chi connectivity index (χ4v) is 3.39. The standard InChI is InChI=1S/C21H15NS/c1-2-13-22-20(7-1)19-6-3-5-18(15-19)16-9-11-17(12-10-16)21-8-4-14-23-21/h1-15H. The minimum absolute atomic E-state index is 1.00. The minimum Gasteiger partial charge on any atom is -0.256 e.